The van der Waals surface area contributed by atoms with Gasteiger partial charge in [-0.15, -0.1) is 13.2 Å². The van der Waals surface area contributed by atoms with E-state index in [1.165, 1.54) is 0 Å². The summed E-state index contributed by atoms with van der Waals surface area (Å²) in [6.45, 7) is 0. The summed E-state index contributed by atoms with van der Waals surface area (Å²) in [5.74, 6) is -5.33. The van der Waals surface area contributed by atoms with Crippen LogP contribution in [0.5, 0.6) is 5.75 Å². The van der Waals surface area contributed by atoms with Gasteiger partial charge >= 0.3 is 18.3 Å². The second-order valence-corrected chi connectivity index (χ2v) is 4.12. The van der Waals surface area contributed by atoms with Gasteiger partial charge in [-0.05, 0) is 24.1 Å². The summed E-state index contributed by atoms with van der Waals surface area (Å²) in [7, 11) is 0. The van der Waals surface area contributed by atoms with Crippen LogP contribution in [0.4, 0.5) is 13.2 Å². The first-order chi connectivity index (χ1) is 9.60. The monoisotopic (exact) mass is 308 g/mol. The van der Waals surface area contributed by atoms with Crippen molar-refractivity contribution in [3.8, 4) is 5.75 Å². The van der Waals surface area contributed by atoms with Crippen molar-refractivity contribution in [2.75, 3.05) is 0 Å². The molecule has 0 fully saturated rings. The minimum atomic E-state index is -4.84. The van der Waals surface area contributed by atoms with E-state index >= 15 is 0 Å². The van der Waals surface area contributed by atoms with Crippen LogP contribution in [0.2, 0.25) is 0 Å². The van der Waals surface area contributed by atoms with Gasteiger partial charge in [0, 0.05) is 0 Å². The van der Waals surface area contributed by atoms with Crippen LogP contribution in [0, 0.1) is 5.92 Å². The summed E-state index contributed by atoms with van der Waals surface area (Å²) in [6, 6.07) is 4.25. The number of benzene rings is 1. The molecule has 0 aliphatic carbocycles. The van der Waals surface area contributed by atoms with Gasteiger partial charge in [-0.1, -0.05) is 12.1 Å². The van der Waals surface area contributed by atoms with Crippen LogP contribution >= 0.6 is 0 Å². The Labute approximate surface area is 116 Å². The molecule has 1 rings (SSSR count). The van der Waals surface area contributed by atoms with E-state index in [0.29, 0.717) is 0 Å². The highest BCUT2D eigenvalue weighted by atomic mass is 19.4. The van der Waals surface area contributed by atoms with Crippen molar-refractivity contribution in [2.24, 2.45) is 5.92 Å². The zero-order chi connectivity index (χ0) is 16.2. The van der Waals surface area contributed by atoms with Gasteiger partial charge in [0.1, 0.15) is 5.75 Å². The predicted molar refractivity (Wildman–Crippen MR) is 61.6 cm³/mol. The molecule has 0 unspecified atom stereocenters. The number of carboxylic acid groups (broad SMARTS) is 2. The molecule has 0 spiro atoms. The van der Waals surface area contributed by atoms with Crippen molar-refractivity contribution in [2.45, 2.75) is 18.9 Å². The number of aliphatic hydroxyl groups is 1. The lowest BCUT2D eigenvalue weighted by Crippen LogP contribution is -2.36. The maximum Gasteiger partial charge on any atom is 0.573 e. The molecular weight excluding hydrogens is 297 g/mol. The first kappa shape index (κ1) is 16.8. The normalized spacial score (nSPS) is 14.3. The molecule has 0 heterocycles. The first-order valence-electron chi connectivity index (χ1n) is 5.58. The molecule has 0 aliphatic heterocycles. The van der Waals surface area contributed by atoms with Gasteiger partial charge in [-0.25, -0.2) is 4.79 Å². The Morgan fingerprint density at radius 1 is 1.10 bits per heavy atom. The average Bonchev–Trinajstić information content (AvgIpc) is 2.34. The largest absolute Gasteiger partial charge is 0.573 e. The van der Waals surface area contributed by atoms with E-state index in [1.54, 1.807) is 0 Å². The van der Waals surface area contributed by atoms with E-state index in [9.17, 15) is 27.9 Å². The lowest BCUT2D eigenvalue weighted by Gasteiger charge is -2.16. The Balaban J connectivity index is 2.82. The summed E-state index contributed by atoms with van der Waals surface area (Å²) >= 11 is 0. The molecule has 2 atom stereocenters. The molecule has 0 radical (unpaired) electrons. The third-order valence-electron chi connectivity index (χ3n) is 2.56. The summed E-state index contributed by atoms with van der Waals surface area (Å²) in [5, 5.41) is 26.7. The summed E-state index contributed by atoms with van der Waals surface area (Å²) < 4.78 is 39.5. The lowest BCUT2D eigenvalue weighted by atomic mass is 9.94. The number of hydrogen-bond acceptors (Lipinski definition) is 4. The number of aliphatic hydroxyl groups excluding tert-OH is 1. The molecule has 6 nitrogen and oxygen atoms in total. The number of aliphatic carboxylic acids is 2. The van der Waals surface area contributed by atoms with E-state index in [2.05, 4.69) is 4.74 Å². The summed E-state index contributed by atoms with van der Waals surface area (Å²) in [5.41, 5.74) is 0.247. The van der Waals surface area contributed by atoms with Crippen molar-refractivity contribution in [1.29, 1.82) is 0 Å². The van der Waals surface area contributed by atoms with Gasteiger partial charge in [0.05, 0.1) is 5.92 Å². The molecule has 0 saturated heterocycles. The Morgan fingerprint density at radius 2 is 1.62 bits per heavy atom. The maximum atomic E-state index is 12.0. The first-order valence-corrected chi connectivity index (χ1v) is 5.58. The number of carbonyl (C=O) groups is 2. The Kier molecular flexibility index (Phi) is 5.14. The van der Waals surface area contributed by atoms with E-state index in [0.717, 1.165) is 24.3 Å². The molecule has 0 aliphatic rings. The zero-order valence-electron chi connectivity index (χ0n) is 10.4. The second kappa shape index (κ2) is 6.44. The minimum absolute atomic E-state index is 0.247. The van der Waals surface area contributed by atoms with Gasteiger partial charge < -0.3 is 20.1 Å². The predicted octanol–water partition coefficient (Wildman–Crippen LogP) is 1.27. The molecule has 1 aromatic carbocycles. The van der Waals surface area contributed by atoms with Crippen molar-refractivity contribution >= 4 is 11.9 Å². The van der Waals surface area contributed by atoms with Crippen molar-refractivity contribution in [1.82, 2.24) is 0 Å². The molecular formula is C12H11F3O6. The fourth-order valence-electron chi connectivity index (χ4n) is 1.59. The number of rotatable bonds is 6. The lowest BCUT2D eigenvalue weighted by molar-refractivity contribution is -0.274. The second-order valence-electron chi connectivity index (χ2n) is 4.12. The highest BCUT2D eigenvalue weighted by molar-refractivity contribution is 5.81. The van der Waals surface area contributed by atoms with Crippen LogP contribution in [0.1, 0.15) is 5.56 Å². The van der Waals surface area contributed by atoms with E-state index in [-0.39, 0.29) is 12.0 Å². The number of ether oxygens (including phenoxy) is 1. The van der Waals surface area contributed by atoms with Gasteiger partial charge in [0.2, 0.25) is 0 Å². The van der Waals surface area contributed by atoms with Gasteiger partial charge in [-0.2, -0.15) is 0 Å². The van der Waals surface area contributed by atoms with E-state index in [1.807, 2.05) is 0 Å². The summed E-state index contributed by atoms with van der Waals surface area (Å²) in [4.78, 5) is 21.5. The van der Waals surface area contributed by atoms with Crippen LogP contribution in [-0.4, -0.2) is 39.7 Å². The molecule has 0 amide bonds. The van der Waals surface area contributed by atoms with Gasteiger partial charge in [0.15, 0.2) is 6.10 Å². The standard InChI is InChI=1S/C12H11F3O6/c13-12(14,15)21-7-3-1-6(2-4-7)5-8(10(17)18)9(16)11(19)20/h1-4,8-9,16H,5H2,(H,17,18)(H,19,20)/t8-,9+/m1/s1. The van der Waals surface area contributed by atoms with Crippen LogP contribution < -0.4 is 4.74 Å². The Morgan fingerprint density at radius 3 is 2.00 bits per heavy atom. The zero-order valence-corrected chi connectivity index (χ0v) is 10.4. The molecule has 0 bridgehead atoms. The molecule has 0 aromatic heterocycles. The number of halogens is 3. The van der Waals surface area contributed by atoms with Crippen LogP contribution in [0.3, 0.4) is 0 Å². The minimum Gasteiger partial charge on any atom is -0.481 e. The summed E-state index contributed by atoms with van der Waals surface area (Å²) in [6.07, 6.45) is -7.31. The molecule has 0 saturated carbocycles. The van der Waals surface area contributed by atoms with Crippen LogP contribution in [-0.2, 0) is 16.0 Å². The smallest absolute Gasteiger partial charge is 0.481 e. The van der Waals surface area contributed by atoms with Crippen molar-refractivity contribution < 1.29 is 42.8 Å². The molecule has 9 heteroatoms. The topological polar surface area (TPSA) is 104 Å². The van der Waals surface area contributed by atoms with E-state index in [4.69, 9.17) is 10.2 Å². The third kappa shape index (κ3) is 5.30. The van der Waals surface area contributed by atoms with Gasteiger partial charge in [0.25, 0.3) is 0 Å². The SMILES string of the molecule is O=C(O)[C@@H](O)[C@@H](Cc1ccc(OC(F)(F)F)cc1)C(=O)O. The Bertz CT molecular complexity index is 511. The van der Waals surface area contributed by atoms with Crippen LogP contribution in [0.15, 0.2) is 24.3 Å². The Hall–Kier alpha value is -2.29. The number of hydrogen-bond donors (Lipinski definition) is 3. The molecule has 3 N–H and O–H groups in total. The fourth-order valence-corrected chi connectivity index (χ4v) is 1.59. The number of alkyl halides is 3. The van der Waals surface area contributed by atoms with Crippen molar-refractivity contribution in [3.05, 3.63) is 29.8 Å². The average molecular weight is 308 g/mol. The quantitative estimate of drug-likeness (QED) is 0.731. The highest BCUT2D eigenvalue weighted by Gasteiger charge is 2.33. The molecule has 1 aromatic rings. The molecule has 21 heavy (non-hydrogen) atoms. The van der Waals surface area contributed by atoms with Gasteiger partial charge in [-0.3, -0.25) is 4.79 Å². The maximum absolute atomic E-state index is 12.0. The fraction of sp³-hybridized carbons (Fsp3) is 0.333. The van der Waals surface area contributed by atoms with E-state index < -0.39 is 36.1 Å². The molecule has 116 valence electrons. The third-order valence-corrected chi connectivity index (χ3v) is 2.56. The number of carboxylic acids is 2. The van der Waals surface area contributed by atoms with Crippen molar-refractivity contribution in [3.63, 3.8) is 0 Å². The van der Waals surface area contributed by atoms with Crippen LogP contribution in [0.25, 0.3) is 0 Å². The highest BCUT2D eigenvalue weighted by Crippen LogP contribution is 2.23.